The van der Waals surface area contributed by atoms with Gasteiger partial charge in [0.05, 0.1) is 0 Å². The minimum atomic E-state index is -0.143. The summed E-state index contributed by atoms with van der Waals surface area (Å²) in [5.41, 5.74) is 3.86. The molecule has 2 aromatic carbocycles. The lowest BCUT2D eigenvalue weighted by Gasteiger charge is -2.20. The van der Waals surface area contributed by atoms with E-state index in [4.69, 9.17) is 0 Å². The van der Waals surface area contributed by atoms with Gasteiger partial charge in [0.15, 0.2) is 6.54 Å². The second-order valence-electron chi connectivity index (χ2n) is 7.89. The first-order chi connectivity index (χ1) is 13.8. The standard InChI is InChI=1S/C24H33N3O2/c1-6-17(4)18-7-9-19(10-8-18)23(16(2)3)26-15-22(28)27-21-13-11-20(12-14-21)24(29)25-5/h7-14,16-17,23,26H,6,15H2,1-5H3,(H,25,29)(H,27,28)/p+1/t17-,23-/m0/s1. The van der Waals surface area contributed by atoms with Crippen molar-refractivity contribution in [3.63, 3.8) is 0 Å². The summed E-state index contributed by atoms with van der Waals surface area (Å²) in [7, 11) is 1.59. The van der Waals surface area contributed by atoms with Gasteiger partial charge >= 0.3 is 0 Å². The highest BCUT2D eigenvalue weighted by molar-refractivity contribution is 5.95. The Balaban J connectivity index is 1.96. The van der Waals surface area contributed by atoms with Crippen LogP contribution < -0.4 is 16.0 Å². The van der Waals surface area contributed by atoms with Crippen molar-refractivity contribution >= 4 is 17.5 Å². The van der Waals surface area contributed by atoms with E-state index in [9.17, 15) is 9.59 Å². The van der Waals surface area contributed by atoms with Crippen molar-refractivity contribution < 1.29 is 14.9 Å². The Labute approximate surface area is 174 Å². The number of hydrogen-bond acceptors (Lipinski definition) is 2. The van der Waals surface area contributed by atoms with Crippen molar-refractivity contribution in [2.45, 2.75) is 46.1 Å². The third-order valence-electron chi connectivity index (χ3n) is 5.44. The molecule has 0 bridgehead atoms. The van der Waals surface area contributed by atoms with Crippen LogP contribution in [-0.4, -0.2) is 25.4 Å². The van der Waals surface area contributed by atoms with Gasteiger partial charge in [0.25, 0.3) is 11.8 Å². The number of hydrogen-bond donors (Lipinski definition) is 3. The molecule has 156 valence electrons. The maximum atomic E-state index is 12.4. The van der Waals surface area contributed by atoms with E-state index in [2.05, 4.69) is 67.9 Å². The Morgan fingerprint density at radius 2 is 1.52 bits per heavy atom. The summed E-state index contributed by atoms with van der Waals surface area (Å²) in [6.45, 7) is 9.14. The highest BCUT2D eigenvalue weighted by Crippen LogP contribution is 2.23. The highest BCUT2D eigenvalue weighted by atomic mass is 16.2. The number of anilines is 1. The summed E-state index contributed by atoms with van der Waals surface area (Å²) in [4.78, 5) is 24.0. The monoisotopic (exact) mass is 396 g/mol. The Morgan fingerprint density at radius 1 is 0.931 bits per heavy atom. The van der Waals surface area contributed by atoms with Crippen molar-refractivity contribution in [3.8, 4) is 0 Å². The predicted molar refractivity (Wildman–Crippen MR) is 118 cm³/mol. The fourth-order valence-electron chi connectivity index (χ4n) is 3.37. The Morgan fingerprint density at radius 3 is 2.03 bits per heavy atom. The molecule has 0 aromatic heterocycles. The van der Waals surface area contributed by atoms with Gasteiger partial charge in [-0.3, -0.25) is 9.59 Å². The number of rotatable bonds is 9. The molecule has 0 spiro atoms. The third kappa shape index (κ3) is 6.43. The van der Waals surface area contributed by atoms with Crippen LogP contribution in [0.5, 0.6) is 0 Å². The zero-order valence-corrected chi connectivity index (χ0v) is 18.2. The number of nitrogens with two attached hydrogens (primary N) is 1. The van der Waals surface area contributed by atoms with Crippen LogP contribution in [0.25, 0.3) is 0 Å². The molecular formula is C24H34N3O2+. The van der Waals surface area contributed by atoms with Crippen molar-refractivity contribution in [3.05, 3.63) is 65.2 Å². The molecule has 0 aliphatic carbocycles. The lowest BCUT2D eigenvalue weighted by atomic mass is 9.92. The molecular weight excluding hydrogens is 362 g/mol. The van der Waals surface area contributed by atoms with Crippen LogP contribution in [0.2, 0.25) is 0 Å². The summed E-state index contributed by atoms with van der Waals surface area (Å²) >= 11 is 0. The minimum absolute atomic E-state index is 0.0560. The fraction of sp³-hybridized carbons (Fsp3) is 0.417. The van der Waals surface area contributed by atoms with Gasteiger partial charge in [-0.15, -0.1) is 0 Å². The molecule has 0 saturated heterocycles. The average molecular weight is 397 g/mol. The van der Waals surface area contributed by atoms with Gasteiger partial charge in [-0.05, 0) is 42.2 Å². The lowest BCUT2D eigenvalue weighted by Crippen LogP contribution is -2.88. The molecule has 0 aliphatic rings. The van der Waals surface area contributed by atoms with E-state index in [1.54, 1.807) is 31.3 Å². The van der Waals surface area contributed by atoms with Crippen molar-refractivity contribution in [1.29, 1.82) is 0 Å². The fourth-order valence-corrected chi connectivity index (χ4v) is 3.37. The van der Waals surface area contributed by atoms with Gasteiger partial charge in [0, 0.05) is 29.8 Å². The first-order valence-electron chi connectivity index (χ1n) is 10.4. The van der Waals surface area contributed by atoms with E-state index < -0.39 is 0 Å². The molecule has 0 saturated carbocycles. The second kappa shape index (κ2) is 10.8. The normalized spacial score (nSPS) is 13.0. The zero-order valence-electron chi connectivity index (χ0n) is 18.2. The van der Waals surface area contributed by atoms with Gasteiger partial charge in [-0.1, -0.05) is 52.0 Å². The van der Waals surface area contributed by atoms with E-state index in [0.29, 0.717) is 29.6 Å². The average Bonchev–Trinajstić information content (AvgIpc) is 2.73. The number of carbonyl (C=O) groups is 2. The van der Waals surface area contributed by atoms with Crippen LogP contribution in [0.1, 0.15) is 67.6 Å². The quantitative estimate of drug-likeness (QED) is 0.607. The Kier molecular flexibility index (Phi) is 8.40. The predicted octanol–water partition coefficient (Wildman–Crippen LogP) is 3.46. The molecule has 0 unspecified atom stereocenters. The van der Waals surface area contributed by atoms with Gasteiger partial charge in [0.1, 0.15) is 6.04 Å². The molecule has 2 atom stereocenters. The molecule has 5 nitrogen and oxygen atoms in total. The van der Waals surface area contributed by atoms with Crippen LogP contribution in [0.15, 0.2) is 48.5 Å². The molecule has 2 rings (SSSR count). The highest BCUT2D eigenvalue weighted by Gasteiger charge is 2.21. The lowest BCUT2D eigenvalue weighted by molar-refractivity contribution is -0.692. The van der Waals surface area contributed by atoms with Crippen LogP contribution in [-0.2, 0) is 4.79 Å². The molecule has 0 fully saturated rings. The second-order valence-corrected chi connectivity index (χ2v) is 7.89. The van der Waals surface area contributed by atoms with Crippen LogP contribution in [0, 0.1) is 5.92 Å². The van der Waals surface area contributed by atoms with Gasteiger partial charge in [-0.2, -0.15) is 0 Å². The molecule has 5 heteroatoms. The summed E-state index contributed by atoms with van der Waals surface area (Å²) in [6, 6.07) is 15.9. The van der Waals surface area contributed by atoms with E-state index in [1.165, 1.54) is 11.1 Å². The van der Waals surface area contributed by atoms with E-state index in [-0.39, 0.29) is 17.9 Å². The molecule has 2 aromatic rings. The first-order valence-corrected chi connectivity index (χ1v) is 10.4. The Bertz CT molecular complexity index is 798. The maximum Gasteiger partial charge on any atom is 0.279 e. The number of nitrogens with one attached hydrogen (secondary N) is 2. The van der Waals surface area contributed by atoms with Crippen molar-refractivity contribution in [2.24, 2.45) is 5.92 Å². The summed E-state index contributed by atoms with van der Waals surface area (Å²) in [5, 5.41) is 7.58. The molecule has 4 N–H and O–H groups in total. The summed E-state index contributed by atoms with van der Waals surface area (Å²) < 4.78 is 0. The SMILES string of the molecule is CC[C@H](C)c1ccc([C@@H]([NH2+]CC(=O)Nc2ccc(C(=O)NC)cc2)C(C)C)cc1. The number of amides is 2. The van der Waals surface area contributed by atoms with Crippen LogP contribution in [0.3, 0.4) is 0 Å². The molecule has 29 heavy (non-hydrogen) atoms. The summed E-state index contributed by atoms with van der Waals surface area (Å²) in [5.74, 6) is 0.769. The maximum absolute atomic E-state index is 12.4. The zero-order chi connectivity index (χ0) is 21.4. The smallest absolute Gasteiger partial charge is 0.279 e. The van der Waals surface area contributed by atoms with Gasteiger partial charge in [-0.25, -0.2) is 0 Å². The largest absolute Gasteiger partial charge is 0.355 e. The molecule has 0 heterocycles. The van der Waals surface area contributed by atoms with E-state index in [0.717, 1.165) is 6.42 Å². The van der Waals surface area contributed by atoms with Crippen molar-refractivity contribution in [2.75, 3.05) is 18.9 Å². The molecule has 0 aliphatic heterocycles. The number of benzene rings is 2. The van der Waals surface area contributed by atoms with Crippen molar-refractivity contribution in [1.82, 2.24) is 5.32 Å². The van der Waals surface area contributed by atoms with Gasteiger partial charge in [0.2, 0.25) is 0 Å². The molecule has 2 amide bonds. The van der Waals surface area contributed by atoms with Crippen LogP contribution in [0.4, 0.5) is 5.69 Å². The topological polar surface area (TPSA) is 74.8 Å². The number of quaternary nitrogens is 1. The van der Waals surface area contributed by atoms with Gasteiger partial charge < -0.3 is 16.0 Å². The van der Waals surface area contributed by atoms with E-state index >= 15 is 0 Å². The Hall–Kier alpha value is -2.66. The summed E-state index contributed by atoms with van der Waals surface area (Å²) in [6.07, 6.45) is 1.13. The van der Waals surface area contributed by atoms with Crippen LogP contribution >= 0.6 is 0 Å². The third-order valence-corrected chi connectivity index (χ3v) is 5.44. The number of carbonyl (C=O) groups excluding carboxylic acids is 2. The first kappa shape index (κ1) is 22.6. The molecule has 0 radical (unpaired) electrons. The van der Waals surface area contributed by atoms with E-state index in [1.807, 2.05) is 0 Å². The minimum Gasteiger partial charge on any atom is -0.355 e.